The maximum atomic E-state index is 12.3. The topological polar surface area (TPSA) is 46.3 Å². The van der Waals surface area contributed by atoms with Crippen LogP contribution in [0.1, 0.15) is 36.0 Å². The molecule has 0 heterocycles. The van der Waals surface area contributed by atoms with Gasteiger partial charge < -0.3 is 10.6 Å². The summed E-state index contributed by atoms with van der Waals surface area (Å²) in [7, 11) is 1.84. The number of nitrogen functional groups attached to an aromatic ring is 1. The zero-order chi connectivity index (χ0) is 13.1. The number of anilines is 1. The Kier molecular flexibility index (Phi) is 4.12. The number of amides is 1. The van der Waals surface area contributed by atoms with E-state index in [1.54, 1.807) is 23.1 Å². The molecule has 18 heavy (non-hydrogen) atoms. The third-order valence-corrected chi connectivity index (χ3v) is 3.83. The van der Waals surface area contributed by atoms with Gasteiger partial charge in [-0.1, -0.05) is 24.4 Å². The van der Waals surface area contributed by atoms with Gasteiger partial charge in [-0.15, -0.1) is 0 Å². The minimum atomic E-state index is -0.0175. The summed E-state index contributed by atoms with van der Waals surface area (Å²) >= 11 is 5.83. The Hall–Kier alpha value is -1.22. The number of rotatable bonds is 3. The van der Waals surface area contributed by atoms with E-state index in [1.807, 2.05) is 7.05 Å². The fraction of sp³-hybridized carbons (Fsp3) is 0.500. The van der Waals surface area contributed by atoms with E-state index in [0.29, 0.717) is 22.2 Å². The number of carbonyl (C=O) groups excluding carboxylic acids is 1. The first-order valence-corrected chi connectivity index (χ1v) is 6.76. The lowest BCUT2D eigenvalue weighted by Crippen LogP contribution is -2.31. The van der Waals surface area contributed by atoms with Crippen molar-refractivity contribution < 1.29 is 4.79 Å². The molecule has 1 aliphatic carbocycles. The highest BCUT2D eigenvalue weighted by Crippen LogP contribution is 2.26. The Morgan fingerprint density at radius 1 is 1.44 bits per heavy atom. The number of nitrogens with two attached hydrogens (primary N) is 1. The number of carbonyl (C=O) groups is 1. The summed E-state index contributed by atoms with van der Waals surface area (Å²) in [6.07, 6.45) is 5.03. The average Bonchev–Trinajstić information content (AvgIpc) is 2.81. The van der Waals surface area contributed by atoms with Crippen molar-refractivity contribution in [2.45, 2.75) is 25.7 Å². The predicted octanol–water partition coefficient (Wildman–Crippen LogP) is 3.18. The van der Waals surface area contributed by atoms with Crippen LogP contribution in [0.4, 0.5) is 5.69 Å². The van der Waals surface area contributed by atoms with Gasteiger partial charge in [0, 0.05) is 24.3 Å². The van der Waals surface area contributed by atoms with Gasteiger partial charge in [-0.25, -0.2) is 0 Å². The summed E-state index contributed by atoms with van der Waals surface area (Å²) in [4.78, 5) is 14.0. The highest BCUT2D eigenvalue weighted by atomic mass is 35.5. The van der Waals surface area contributed by atoms with E-state index in [0.717, 1.165) is 6.54 Å². The molecule has 0 atom stereocenters. The van der Waals surface area contributed by atoms with Crippen LogP contribution in [-0.2, 0) is 0 Å². The molecule has 1 aromatic carbocycles. The van der Waals surface area contributed by atoms with Crippen molar-refractivity contribution in [1.29, 1.82) is 0 Å². The normalized spacial score (nSPS) is 15.9. The van der Waals surface area contributed by atoms with Crippen LogP contribution < -0.4 is 5.73 Å². The van der Waals surface area contributed by atoms with E-state index in [4.69, 9.17) is 17.3 Å². The number of hydrogen-bond donors (Lipinski definition) is 1. The summed E-state index contributed by atoms with van der Waals surface area (Å²) in [5.74, 6) is 0.628. The number of hydrogen-bond acceptors (Lipinski definition) is 2. The van der Waals surface area contributed by atoms with Gasteiger partial charge in [0.2, 0.25) is 0 Å². The Bertz CT molecular complexity index is 441. The lowest BCUT2D eigenvalue weighted by atomic mass is 10.1. The van der Waals surface area contributed by atoms with Gasteiger partial charge in [0.15, 0.2) is 0 Å². The molecule has 0 saturated heterocycles. The third kappa shape index (κ3) is 2.96. The van der Waals surface area contributed by atoms with Gasteiger partial charge in [0.25, 0.3) is 5.91 Å². The van der Waals surface area contributed by atoms with E-state index >= 15 is 0 Å². The second kappa shape index (κ2) is 5.61. The second-order valence-corrected chi connectivity index (χ2v) is 5.50. The van der Waals surface area contributed by atoms with Crippen LogP contribution in [-0.4, -0.2) is 24.4 Å². The molecular weight excluding hydrogens is 248 g/mol. The minimum absolute atomic E-state index is 0.0175. The third-order valence-electron chi connectivity index (χ3n) is 3.60. The smallest absolute Gasteiger partial charge is 0.255 e. The van der Waals surface area contributed by atoms with Gasteiger partial charge in [-0.3, -0.25) is 4.79 Å². The molecule has 1 aromatic rings. The number of halogens is 1. The fourth-order valence-corrected chi connectivity index (χ4v) is 2.78. The average molecular weight is 267 g/mol. The Morgan fingerprint density at radius 2 is 2.11 bits per heavy atom. The lowest BCUT2D eigenvalue weighted by Gasteiger charge is -2.21. The van der Waals surface area contributed by atoms with Crippen LogP contribution >= 0.6 is 11.6 Å². The molecule has 0 aliphatic heterocycles. The SMILES string of the molecule is CN(CC1CCCC1)C(=O)c1ccc(Cl)cc1N. The molecule has 1 amide bonds. The maximum absolute atomic E-state index is 12.3. The van der Waals surface area contributed by atoms with Gasteiger partial charge in [0.05, 0.1) is 5.56 Å². The molecule has 1 fully saturated rings. The summed E-state index contributed by atoms with van der Waals surface area (Å²) < 4.78 is 0. The lowest BCUT2D eigenvalue weighted by molar-refractivity contribution is 0.0774. The van der Waals surface area contributed by atoms with Gasteiger partial charge in [0.1, 0.15) is 0 Å². The first-order chi connectivity index (χ1) is 8.58. The van der Waals surface area contributed by atoms with E-state index in [1.165, 1.54) is 25.7 Å². The summed E-state index contributed by atoms with van der Waals surface area (Å²) in [6, 6.07) is 5.03. The molecule has 0 radical (unpaired) electrons. The van der Waals surface area contributed by atoms with Crippen molar-refractivity contribution in [1.82, 2.24) is 4.90 Å². The molecule has 0 aromatic heterocycles. The largest absolute Gasteiger partial charge is 0.398 e. The Balaban J connectivity index is 2.05. The monoisotopic (exact) mass is 266 g/mol. The second-order valence-electron chi connectivity index (χ2n) is 5.07. The number of nitrogens with zero attached hydrogens (tertiary/aromatic N) is 1. The fourth-order valence-electron chi connectivity index (χ4n) is 2.60. The minimum Gasteiger partial charge on any atom is -0.398 e. The van der Waals surface area contributed by atoms with Crippen molar-refractivity contribution in [2.75, 3.05) is 19.3 Å². The van der Waals surface area contributed by atoms with Crippen LogP contribution in [0.2, 0.25) is 5.02 Å². The zero-order valence-electron chi connectivity index (χ0n) is 10.7. The Labute approximate surface area is 113 Å². The van der Waals surface area contributed by atoms with Crippen molar-refractivity contribution in [3.63, 3.8) is 0 Å². The molecule has 4 heteroatoms. The van der Waals surface area contributed by atoms with Crippen molar-refractivity contribution in [3.8, 4) is 0 Å². The molecule has 0 spiro atoms. The molecule has 2 rings (SSSR count). The van der Waals surface area contributed by atoms with Crippen LogP contribution in [0, 0.1) is 5.92 Å². The molecule has 0 unspecified atom stereocenters. The van der Waals surface area contributed by atoms with Crippen molar-refractivity contribution >= 4 is 23.2 Å². The van der Waals surface area contributed by atoms with Gasteiger partial charge >= 0.3 is 0 Å². The molecule has 1 aliphatic rings. The van der Waals surface area contributed by atoms with E-state index in [-0.39, 0.29) is 5.91 Å². The van der Waals surface area contributed by atoms with E-state index in [9.17, 15) is 4.79 Å². The van der Waals surface area contributed by atoms with Crippen LogP contribution in [0.25, 0.3) is 0 Å². The maximum Gasteiger partial charge on any atom is 0.255 e. The molecule has 3 nitrogen and oxygen atoms in total. The molecule has 1 saturated carbocycles. The van der Waals surface area contributed by atoms with Crippen molar-refractivity contribution in [3.05, 3.63) is 28.8 Å². The van der Waals surface area contributed by atoms with Crippen LogP contribution in [0.3, 0.4) is 0 Å². The Morgan fingerprint density at radius 3 is 2.72 bits per heavy atom. The van der Waals surface area contributed by atoms with Crippen LogP contribution in [0.15, 0.2) is 18.2 Å². The van der Waals surface area contributed by atoms with Gasteiger partial charge in [-0.2, -0.15) is 0 Å². The zero-order valence-corrected chi connectivity index (χ0v) is 11.4. The summed E-state index contributed by atoms with van der Waals surface area (Å²) in [5, 5.41) is 0.558. The molecular formula is C14H19ClN2O. The summed E-state index contributed by atoms with van der Waals surface area (Å²) in [6.45, 7) is 0.820. The van der Waals surface area contributed by atoms with Gasteiger partial charge in [-0.05, 0) is 37.0 Å². The van der Waals surface area contributed by atoms with E-state index in [2.05, 4.69) is 0 Å². The molecule has 0 bridgehead atoms. The van der Waals surface area contributed by atoms with Crippen LogP contribution in [0.5, 0.6) is 0 Å². The first kappa shape index (κ1) is 13.2. The standard InChI is InChI=1S/C14H19ClN2O/c1-17(9-10-4-2-3-5-10)14(18)12-7-6-11(15)8-13(12)16/h6-8,10H,2-5,9,16H2,1H3. The van der Waals surface area contributed by atoms with Crippen molar-refractivity contribution in [2.24, 2.45) is 5.92 Å². The highest BCUT2D eigenvalue weighted by molar-refractivity contribution is 6.31. The first-order valence-electron chi connectivity index (χ1n) is 6.38. The number of benzene rings is 1. The highest BCUT2D eigenvalue weighted by Gasteiger charge is 2.21. The molecule has 2 N–H and O–H groups in total. The molecule has 98 valence electrons. The predicted molar refractivity (Wildman–Crippen MR) is 74.8 cm³/mol. The van der Waals surface area contributed by atoms with E-state index < -0.39 is 0 Å². The quantitative estimate of drug-likeness (QED) is 0.854. The summed E-state index contributed by atoms with van der Waals surface area (Å²) in [5.41, 5.74) is 6.83.